The summed E-state index contributed by atoms with van der Waals surface area (Å²) in [6, 6.07) is 0. The zero-order valence-electron chi connectivity index (χ0n) is 26.8. The van der Waals surface area contributed by atoms with Gasteiger partial charge in [-0.3, -0.25) is 4.79 Å². The Morgan fingerprint density at radius 3 is 1.79 bits per heavy atom. The maximum atomic E-state index is 12.2. The maximum absolute atomic E-state index is 12.2. The zero-order chi connectivity index (χ0) is 30.6. The van der Waals surface area contributed by atoms with Crippen molar-refractivity contribution in [3.8, 4) is 0 Å². The number of Topliss-reactive ketones (excluding diaryl/α,β-unsaturated/α-hetero) is 1. The molecule has 1 fully saturated rings. The van der Waals surface area contributed by atoms with E-state index in [1.165, 1.54) is 57.8 Å². The number of aliphatic hydroxyl groups is 3. The molecule has 1 saturated heterocycles. The van der Waals surface area contributed by atoms with Gasteiger partial charge in [-0.05, 0) is 57.9 Å². The number of cyclic esters (lactones) is 1. The van der Waals surface area contributed by atoms with Gasteiger partial charge in [0.1, 0.15) is 11.9 Å². The van der Waals surface area contributed by atoms with E-state index in [2.05, 4.69) is 6.92 Å². The Labute approximate surface area is 255 Å². The van der Waals surface area contributed by atoms with E-state index in [4.69, 9.17) is 9.47 Å². The van der Waals surface area contributed by atoms with Crippen molar-refractivity contribution in [2.75, 3.05) is 0 Å². The quantitative estimate of drug-likeness (QED) is 0.0713. The number of aliphatic hydroxyl groups excluding tert-OH is 3. The molecule has 2 aliphatic heterocycles. The Hall–Kier alpha value is -1.28. The van der Waals surface area contributed by atoms with Crippen molar-refractivity contribution >= 4 is 11.8 Å². The Morgan fingerprint density at radius 2 is 1.26 bits per heavy atom. The topological polar surface area (TPSA) is 113 Å². The fourth-order valence-electron chi connectivity index (χ4n) is 6.29. The molecule has 6 atom stereocenters. The molecule has 0 aliphatic carbocycles. The van der Waals surface area contributed by atoms with Gasteiger partial charge in [0.05, 0.1) is 30.5 Å². The van der Waals surface area contributed by atoms with E-state index in [1.54, 1.807) is 13.0 Å². The number of carbonyl (C=O) groups excluding carboxylic acids is 2. The summed E-state index contributed by atoms with van der Waals surface area (Å²) >= 11 is 0. The highest BCUT2D eigenvalue weighted by Crippen LogP contribution is 2.28. The number of unbranched alkanes of at least 4 members (excludes halogenated alkanes) is 12. The normalized spacial score (nSPS) is 22.6. The van der Waals surface area contributed by atoms with Crippen molar-refractivity contribution in [3.05, 3.63) is 11.6 Å². The average molecular weight is 595 g/mol. The van der Waals surface area contributed by atoms with Crippen LogP contribution in [-0.2, 0) is 19.1 Å². The lowest BCUT2D eigenvalue weighted by molar-refractivity contribution is -0.139. The van der Waals surface area contributed by atoms with Gasteiger partial charge in [0.2, 0.25) is 0 Å². The number of ketones is 1. The fourth-order valence-corrected chi connectivity index (χ4v) is 6.29. The molecule has 0 aromatic heterocycles. The number of rotatable bonds is 26. The zero-order valence-corrected chi connectivity index (χ0v) is 26.8. The van der Waals surface area contributed by atoms with Crippen molar-refractivity contribution in [1.29, 1.82) is 0 Å². The molecule has 244 valence electrons. The predicted molar refractivity (Wildman–Crippen MR) is 167 cm³/mol. The van der Waals surface area contributed by atoms with E-state index in [0.29, 0.717) is 37.7 Å². The lowest BCUT2D eigenvalue weighted by atomic mass is 9.99. The maximum Gasteiger partial charge on any atom is 0.334 e. The van der Waals surface area contributed by atoms with Crippen molar-refractivity contribution in [3.63, 3.8) is 0 Å². The van der Waals surface area contributed by atoms with Gasteiger partial charge in [-0.2, -0.15) is 0 Å². The Bertz CT molecular complexity index is 766. The highest BCUT2D eigenvalue weighted by molar-refractivity contribution is 5.90. The third-order valence-corrected chi connectivity index (χ3v) is 8.94. The van der Waals surface area contributed by atoms with Crippen molar-refractivity contribution < 1.29 is 34.4 Å². The average Bonchev–Trinajstić information content (AvgIpc) is 3.57. The molecular weight excluding hydrogens is 532 g/mol. The molecule has 0 saturated carbocycles. The van der Waals surface area contributed by atoms with E-state index < -0.39 is 18.3 Å². The van der Waals surface area contributed by atoms with Gasteiger partial charge in [-0.1, -0.05) is 90.4 Å². The van der Waals surface area contributed by atoms with Crippen LogP contribution in [0.4, 0.5) is 0 Å². The van der Waals surface area contributed by atoms with Crippen LogP contribution in [-0.4, -0.2) is 63.7 Å². The van der Waals surface area contributed by atoms with Crippen LogP contribution in [0.3, 0.4) is 0 Å². The molecule has 0 bridgehead atoms. The molecule has 7 heteroatoms. The third kappa shape index (κ3) is 16.0. The summed E-state index contributed by atoms with van der Waals surface area (Å²) in [4.78, 5) is 23.8. The first-order valence-electron chi connectivity index (χ1n) is 17.4. The van der Waals surface area contributed by atoms with E-state index in [9.17, 15) is 24.9 Å². The summed E-state index contributed by atoms with van der Waals surface area (Å²) in [5.41, 5.74) is 0.530. The van der Waals surface area contributed by atoms with E-state index in [-0.39, 0.29) is 36.5 Å². The highest BCUT2D eigenvalue weighted by atomic mass is 16.5. The van der Waals surface area contributed by atoms with Gasteiger partial charge >= 0.3 is 5.97 Å². The molecule has 0 aromatic rings. The molecule has 0 aromatic carbocycles. The first-order chi connectivity index (χ1) is 20.3. The van der Waals surface area contributed by atoms with Crippen LogP contribution in [0.15, 0.2) is 11.6 Å². The van der Waals surface area contributed by atoms with Crippen LogP contribution in [0.2, 0.25) is 0 Å². The first-order valence-corrected chi connectivity index (χ1v) is 17.4. The smallest absolute Gasteiger partial charge is 0.334 e. The number of hydrogen-bond acceptors (Lipinski definition) is 7. The number of carbonyl (C=O) groups is 2. The second-order valence-electron chi connectivity index (χ2n) is 12.9. The van der Waals surface area contributed by atoms with E-state index in [0.717, 1.165) is 51.4 Å². The molecule has 42 heavy (non-hydrogen) atoms. The largest absolute Gasteiger partial charge is 0.455 e. The molecule has 7 nitrogen and oxygen atoms in total. The summed E-state index contributed by atoms with van der Waals surface area (Å²) in [5, 5.41) is 31.3. The van der Waals surface area contributed by atoms with E-state index in [1.807, 2.05) is 0 Å². The Morgan fingerprint density at radius 1 is 0.762 bits per heavy atom. The van der Waals surface area contributed by atoms with Gasteiger partial charge in [-0.25, -0.2) is 4.79 Å². The number of hydrogen-bond donors (Lipinski definition) is 3. The molecular formula is C35H62O7. The predicted octanol–water partition coefficient (Wildman–Crippen LogP) is 7.27. The minimum Gasteiger partial charge on any atom is -0.455 e. The van der Waals surface area contributed by atoms with E-state index >= 15 is 0 Å². The van der Waals surface area contributed by atoms with Crippen LogP contribution >= 0.6 is 0 Å². The summed E-state index contributed by atoms with van der Waals surface area (Å²) in [6.45, 7) is 4.05. The van der Waals surface area contributed by atoms with Gasteiger partial charge < -0.3 is 24.8 Å². The van der Waals surface area contributed by atoms with Crippen LogP contribution < -0.4 is 0 Å². The fraction of sp³-hybridized carbons (Fsp3) is 0.886. The van der Waals surface area contributed by atoms with Crippen molar-refractivity contribution in [2.24, 2.45) is 0 Å². The molecule has 2 heterocycles. The molecule has 2 aliphatic rings. The molecule has 0 unspecified atom stereocenters. The van der Waals surface area contributed by atoms with Crippen LogP contribution in [0.25, 0.3) is 0 Å². The number of ether oxygens (including phenoxy) is 2. The molecule has 0 spiro atoms. The second-order valence-corrected chi connectivity index (χ2v) is 12.9. The summed E-state index contributed by atoms with van der Waals surface area (Å²) in [5.74, 6) is -0.129. The standard InChI is InChI=1S/C35H62O7/c1-3-4-5-6-7-8-9-10-11-15-21-31(38)33-23-24-34(42-33)32(39)22-16-13-12-14-18-29(36)19-17-20-30(37)26-28-25-27(2)41-35(28)40/h25,27,30-34,37-39H,3-24,26H2,1-2H3/t27-,30+,31+,32-,33-,34+/m1/s1. The minimum absolute atomic E-state index is 0.143. The van der Waals surface area contributed by atoms with Gasteiger partial charge in [0, 0.05) is 24.8 Å². The summed E-state index contributed by atoms with van der Waals surface area (Å²) in [7, 11) is 0. The van der Waals surface area contributed by atoms with Crippen LogP contribution in [0.1, 0.15) is 162 Å². The Kier molecular flexibility index (Phi) is 19.6. The SMILES string of the molecule is CCCCCCCCCCCC[C@H](O)[C@H]1CC[C@@H]([C@H](O)CCCCCCC(=O)CCC[C@H](O)CC2=C[C@@H](C)OC2=O)O1. The van der Waals surface area contributed by atoms with Crippen LogP contribution in [0.5, 0.6) is 0 Å². The molecule has 0 amide bonds. The third-order valence-electron chi connectivity index (χ3n) is 8.94. The molecule has 0 radical (unpaired) electrons. The molecule has 3 N–H and O–H groups in total. The highest BCUT2D eigenvalue weighted by Gasteiger charge is 2.34. The lowest BCUT2D eigenvalue weighted by Gasteiger charge is -2.22. The van der Waals surface area contributed by atoms with Crippen molar-refractivity contribution in [1.82, 2.24) is 0 Å². The second kappa shape index (κ2) is 22.3. The lowest BCUT2D eigenvalue weighted by Crippen LogP contribution is -2.31. The van der Waals surface area contributed by atoms with Gasteiger partial charge in [-0.15, -0.1) is 0 Å². The monoisotopic (exact) mass is 594 g/mol. The molecule has 2 rings (SSSR count). The Balaban J connectivity index is 1.41. The van der Waals surface area contributed by atoms with Gasteiger partial charge in [0.25, 0.3) is 0 Å². The van der Waals surface area contributed by atoms with Crippen molar-refractivity contribution in [2.45, 2.75) is 198 Å². The number of esters is 1. The summed E-state index contributed by atoms with van der Waals surface area (Å²) < 4.78 is 11.1. The summed E-state index contributed by atoms with van der Waals surface area (Å²) in [6.07, 6.45) is 21.8. The first kappa shape index (κ1) is 36.9. The minimum atomic E-state index is -0.625. The van der Waals surface area contributed by atoms with Crippen LogP contribution in [0, 0.1) is 0 Å². The van der Waals surface area contributed by atoms with Gasteiger partial charge in [0.15, 0.2) is 0 Å².